The molecule has 1 amide bonds. The van der Waals surface area contributed by atoms with Gasteiger partial charge in [-0.25, -0.2) is 0 Å². The third-order valence-electron chi connectivity index (χ3n) is 3.95. The van der Waals surface area contributed by atoms with Crippen molar-refractivity contribution in [2.24, 2.45) is 0 Å². The van der Waals surface area contributed by atoms with Crippen molar-refractivity contribution in [3.63, 3.8) is 0 Å². The van der Waals surface area contributed by atoms with Crippen molar-refractivity contribution in [2.45, 2.75) is 6.42 Å². The first-order valence-corrected chi connectivity index (χ1v) is 8.16. The Labute approximate surface area is 151 Å². The van der Waals surface area contributed by atoms with E-state index in [2.05, 4.69) is 20.5 Å². The molecule has 0 aliphatic carbocycles. The predicted octanol–water partition coefficient (Wildman–Crippen LogP) is 2.46. The molecule has 0 saturated carbocycles. The number of aromatic amines is 1. The fourth-order valence-corrected chi connectivity index (χ4v) is 2.56. The van der Waals surface area contributed by atoms with Gasteiger partial charge in [0.15, 0.2) is 11.5 Å². The van der Waals surface area contributed by atoms with Gasteiger partial charge in [-0.1, -0.05) is 6.07 Å². The molecule has 3 aromatic rings. The van der Waals surface area contributed by atoms with Crippen molar-refractivity contribution in [1.82, 2.24) is 20.5 Å². The molecule has 134 valence electrons. The summed E-state index contributed by atoms with van der Waals surface area (Å²) < 4.78 is 10.5. The smallest absolute Gasteiger partial charge is 0.269 e. The lowest BCUT2D eigenvalue weighted by molar-refractivity contribution is 0.0949. The number of amides is 1. The Morgan fingerprint density at radius 1 is 1.08 bits per heavy atom. The molecule has 0 fully saturated rings. The molecular formula is C19H20N4O3. The van der Waals surface area contributed by atoms with Crippen LogP contribution in [-0.4, -0.2) is 41.9 Å². The van der Waals surface area contributed by atoms with Crippen molar-refractivity contribution < 1.29 is 14.3 Å². The Bertz CT molecular complexity index is 878. The molecule has 0 unspecified atom stereocenters. The fourth-order valence-electron chi connectivity index (χ4n) is 2.56. The average molecular weight is 352 g/mol. The van der Waals surface area contributed by atoms with E-state index >= 15 is 0 Å². The van der Waals surface area contributed by atoms with Crippen LogP contribution in [0.15, 0.2) is 48.8 Å². The van der Waals surface area contributed by atoms with Crippen LogP contribution in [0.5, 0.6) is 11.5 Å². The predicted molar refractivity (Wildman–Crippen MR) is 97.4 cm³/mol. The van der Waals surface area contributed by atoms with E-state index in [-0.39, 0.29) is 5.91 Å². The van der Waals surface area contributed by atoms with Gasteiger partial charge >= 0.3 is 0 Å². The Balaban J connectivity index is 1.57. The van der Waals surface area contributed by atoms with Crippen molar-refractivity contribution >= 4 is 5.91 Å². The van der Waals surface area contributed by atoms with Crippen LogP contribution in [0.25, 0.3) is 11.3 Å². The van der Waals surface area contributed by atoms with Crippen LogP contribution in [0.1, 0.15) is 16.1 Å². The molecule has 0 spiro atoms. The summed E-state index contributed by atoms with van der Waals surface area (Å²) in [6.07, 6.45) is 4.05. The summed E-state index contributed by atoms with van der Waals surface area (Å²) in [5, 5.41) is 9.82. The maximum Gasteiger partial charge on any atom is 0.269 e. The van der Waals surface area contributed by atoms with Gasteiger partial charge in [0, 0.05) is 24.5 Å². The number of carbonyl (C=O) groups is 1. The fraction of sp³-hybridized carbons (Fsp3) is 0.211. The van der Waals surface area contributed by atoms with Crippen molar-refractivity contribution in [3.8, 4) is 22.8 Å². The third kappa shape index (κ3) is 4.00. The molecule has 0 atom stereocenters. The lowest BCUT2D eigenvalue weighted by atomic mass is 10.1. The van der Waals surface area contributed by atoms with Crippen LogP contribution < -0.4 is 14.8 Å². The molecule has 0 bridgehead atoms. The van der Waals surface area contributed by atoms with Crippen molar-refractivity contribution in [1.29, 1.82) is 0 Å². The maximum absolute atomic E-state index is 12.3. The molecule has 2 aromatic heterocycles. The first kappa shape index (κ1) is 17.5. The zero-order chi connectivity index (χ0) is 18.4. The molecule has 0 aliphatic rings. The van der Waals surface area contributed by atoms with Gasteiger partial charge in [0.1, 0.15) is 5.69 Å². The standard InChI is InChI=1S/C19H20N4O3/c1-25-17-4-3-13(11-18(17)26-2)5-10-21-19(24)16-12-15(22-23-16)14-6-8-20-9-7-14/h3-4,6-9,11-12H,5,10H2,1-2H3,(H,21,24)(H,22,23). The Morgan fingerprint density at radius 3 is 2.58 bits per heavy atom. The largest absolute Gasteiger partial charge is 0.493 e. The maximum atomic E-state index is 12.3. The molecular weight excluding hydrogens is 332 g/mol. The molecule has 7 nitrogen and oxygen atoms in total. The van der Waals surface area contributed by atoms with Gasteiger partial charge in [-0.2, -0.15) is 5.10 Å². The van der Waals surface area contributed by atoms with Crippen LogP contribution in [0, 0.1) is 0 Å². The summed E-state index contributed by atoms with van der Waals surface area (Å²) in [6, 6.07) is 11.1. The number of methoxy groups -OCH3 is 2. The Morgan fingerprint density at radius 2 is 1.85 bits per heavy atom. The lowest BCUT2D eigenvalue weighted by Crippen LogP contribution is -2.26. The summed E-state index contributed by atoms with van der Waals surface area (Å²) in [6.45, 7) is 0.498. The summed E-state index contributed by atoms with van der Waals surface area (Å²) in [5.74, 6) is 1.16. The normalized spacial score (nSPS) is 10.4. The minimum absolute atomic E-state index is 0.196. The van der Waals surface area contributed by atoms with Crippen LogP contribution in [0.4, 0.5) is 0 Å². The molecule has 7 heteroatoms. The van der Waals surface area contributed by atoms with Crippen LogP contribution in [-0.2, 0) is 6.42 Å². The number of carbonyl (C=O) groups excluding carboxylic acids is 1. The highest BCUT2D eigenvalue weighted by molar-refractivity contribution is 5.93. The molecule has 1 aromatic carbocycles. The van der Waals surface area contributed by atoms with E-state index in [1.165, 1.54) is 0 Å². The number of benzene rings is 1. The highest BCUT2D eigenvalue weighted by atomic mass is 16.5. The second kappa shape index (κ2) is 8.15. The third-order valence-corrected chi connectivity index (χ3v) is 3.95. The monoisotopic (exact) mass is 352 g/mol. The van der Waals surface area contributed by atoms with E-state index in [1.54, 1.807) is 32.7 Å². The molecule has 26 heavy (non-hydrogen) atoms. The topological polar surface area (TPSA) is 89.1 Å². The molecule has 0 aliphatic heterocycles. The number of nitrogens with zero attached hydrogens (tertiary/aromatic N) is 2. The summed E-state index contributed by atoms with van der Waals surface area (Å²) in [5.41, 5.74) is 3.08. The second-order valence-corrected chi connectivity index (χ2v) is 5.60. The molecule has 0 saturated heterocycles. The van der Waals surface area contributed by atoms with E-state index in [4.69, 9.17) is 9.47 Å². The second-order valence-electron chi connectivity index (χ2n) is 5.60. The number of nitrogens with one attached hydrogen (secondary N) is 2. The number of rotatable bonds is 7. The molecule has 2 N–H and O–H groups in total. The molecule has 2 heterocycles. The molecule has 0 radical (unpaired) electrons. The van der Waals surface area contributed by atoms with Gasteiger partial charge in [-0.05, 0) is 42.3 Å². The zero-order valence-corrected chi connectivity index (χ0v) is 14.7. The number of ether oxygens (including phenoxy) is 2. The number of hydrogen-bond donors (Lipinski definition) is 2. The van der Waals surface area contributed by atoms with E-state index in [1.807, 2.05) is 30.3 Å². The SMILES string of the molecule is COc1ccc(CCNC(=O)c2cc(-c3ccncc3)n[nH]2)cc1OC. The van der Waals surface area contributed by atoms with Crippen LogP contribution in [0.2, 0.25) is 0 Å². The average Bonchev–Trinajstić information content (AvgIpc) is 3.19. The number of H-pyrrole nitrogens is 1. The van der Waals surface area contributed by atoms with E-state index in [9.17, 15) is 4.79 Å². The Kier molecular flexibility index (Phi) is 5.48. The number of pyridine rings is 1. The minimum Gasteiger partial charge on any atom is -0.493 e. The van der Waals surface area contributed by atoms with Gasteiger partial charge in [0.25, 0.3) is 5.91 Å². The first-order valence-electron chi connectivity index (χ1n) is 8.16. The summed E-state index contributed by atoms with van der Waals surface area (Å²) >= 11 is 0. The van der Waals surface area contributed by atoms with Gasteiger partial charge < -0.3 is 14.8 Å². The Hall–Kier alpha value is -3.35. The highest BCUT2D eigenvalue weighted by Crippen LogP contribution is 2.27. The number of hydrogen-bond acceptors (Lipinski definition) is 5. The van der Waals surface area contributed by atoms with Crippen molar-refractivity contribution in [2.75, 3.05) is 20.8 Å². The zero-order valence-electron chi connectivity index (χ0n) is 14.7. The summed E-state index contributed by atoms with van der Waals surface area (Å²) in [4.78, 5) is 16.2. The van der Waals surface area contributed by atoms with Crippen LogP contribution >= 0.6 is 0 Å². The van der Waals surface area contributed by atoms with Crippen LogP contribution in [0.3, 0.4) is 0 Å². The number of aromatic nitrogens is 3. The van der Waals surface area contributed by atoms with Crippen molar-refractivity contribution in [3.05, 3.63) is 60.0 Å². The summed E-state index contributed by atoms with van der Waals surface area (Å²) in [7, 11) is 3.20. The molecule has 3 rings (SSSR count). The van der Waals surface area contributed by atoms with Gasteiger partial charge in [-0.3, -0.25) is 14.9 Å². The minimum atomic E-state index is -0.196. The van der Waals surface area contributed by atoms with Gasteiger partial charge in [0.05, 0.1) is 19.9 Å². The van der Waals surface area contributed by atoms with Gasteiger partial charge in [0.2, 0.25) is 0 Å². The van der Waals surface area contributed by atoms with E-state index in [0.717, 1.165) is 11.1 Å². The van der Waals surface area contributed by atoms with E-state index < -0.39 is 0 Å². The quantitative estimate of drug-likeness (QED) is 0.682. The highest BCUT2D eigenvalue weighted by Gasteiger charge is 2.11. The van der Waals surface area contributed by atoms with Gasteiger partial charge in [-0.15, -0.1) is 0 Å². The van der Waals surface area contributed by atoms with E-state index in [0.29, 0.717) is 35.9 Å². The first-order chi connectivity index (χ1) is 12.7. The lowest BCUT2D eigenvalue weighted by Gasteiger charge is -2.09.